The minimum absolute atomic E-state index is 0.0260. The lowest BCUT2D eigenvalue weighted by molar-refractivity contribution is -0.141. The van der Waals surface area contributed by atoms with Gasteiger partial charge in [0.15, 0.2) is 0 Å². The molecule has 21 heavy (non-hydrogen) atoms. The van der Waals surface area contributed by atoms with Crippen molar-refractivity contribution in [3.8, 4) is 0 Å². The summed E-state index contributed by atoms with van der Waals surface area (Å²) < 4.78 is 11.8. The van der Waals surface area contributed by atoms with Crippen molar-refractivity contribution in [3.63, 3.8) is 0 Å². The van der Waals surface area contributed by atoms with E-state index >= 15 is 0 Å². The number of amides is 1. The number of carbonyl (C=O) groups is 1. The van der Waals surface area contributed by atoms with Gasteiger partial charge in [0.25, 0.3) is 0 Å². The molecule has 2 bridgehead atoms. The molecule has 1 heterocycles. The van der Waals surface area contributed by atoms with Crippen molar-refractivity contribution >= 4 is 5.91 Å². The number of hydrogen-bond acceptors (Lipinski definition) is 3. The van der Waals surface area contributed by atoms with Crippen molar-refractivity contribution in [3.05, 3.63) is 12.7 Å². The normalized spacial score (nSPS) is 33.7. The number of nitrogens with zero attached hydrogens (tertiary/aromatic N) is 1. The van der Waals surface area contributed by atoms with Crippen LogP contribution in [0.4, 0.5) is 0 Å². The predicted molar refractivity (Wildman–Crippen MR) is 81.0 cm³/mol. The van der Waals surface area contributed by atoms with Crippen molar-refractivity contribution < 1.29 is 14.3 Å². The third-order valence-electron chi connectivity index (χ3n) is 5.20. The molecule has 2 aliphatic carbocycles. The number of hydrogen-bond donors (Lipinski definition) is 0. The molecular weight excluding hydrogens is 266 g/mol. The van der Waals surface area contributed by atoms with Crippen LogP contribution in [-0.2, 0) is 14.3 Å². The zero-order valence-corrected chi connectivity index (χ0v) is 12.8. The summed E-state index contributed by atoms with van der Waals surface area (Å²) >= 11 is 0. The molecule has 4 heteroatoms. The van der Waals surface area contributed by atoms with Gasteiger partial charge in [-0.1, -0.05) is 25.3 Å². The molecule has 0 aromatic carbocycles. The van der Waals surface area contributed by atoms with Gasteiger partial charge in [-0.2, -0.15) is 0 Å². The lowest BCUT2D eigenvalue weighted by Crippen LogP contribution is -2.49. The quantitative estimate of drug-likeness (QED) is 0.748. The summed E-state index contributed by atoms with van der Waals surface area (Å²) in [5.41, 5.74) is 0. The monoisotopic (exact) mass is 293 g/mol. The Morgan fingerprint density at radius 3 is 2.81 bits per heavy atom. The topological polar surface area (TPSA) is 38.8 Å². The Morgan fingerprint density at radius 1 is 1.24 bits per heavy atom. The van der Waals surface area contributed by atoms with E-state index in [0.29, 0.717) is 19.1 Å². The highest BCUT2D eigenvalue weighted by Gasteiger charge is 2.45. The number of rotatable bonds is 4. The fraction of sp³-hybridized carbons (Fsp3) is 0.824. The molecular formula is C17H27NO3. The summed E-state index contributed by atoms with van der Waals surface area (Å²) in [4.78, 5) is 15.0. The molecule has 3 aliphatic rings. The standard InChI is InChI=1S/C17H27NO3/c1-2-11-21-16-14-8-9-15(16)20-12-10-18(14)17(19)13-6-4-3-5-7-13/h2,13-16H,1,3-12H2. The van der Waals surface area contributed by atoms with E-state index in [0.717, 1.165) is 32.2 Å². The van der Waals surface area contributed by atoms with E-state index < -0.39 is 0 Å². The first-order chi connectivity index (χ1) is 10.3. The van der Waals surface area contributed by atoms with Crippen LogP contribution in [0.15, 0.2) is 12.7 Å². The largest absolute Gasteiger partial charge is 0.374 e. The molecule has 0 aromatic rings. The third kappa shape index (κ3) is 3.16. The van der Waals surface area contributed by atoms with Crippen molar-refractivity contribution in [2.75, 3.05) is 19.8 Å². The summed E-state index contributed by atoms with van der Waals surface area (Å²) in [6, 6.07) is 0.201. The Morgan fingerprint density at radius 2 is 2.05 bits per heavy atom. The van der Waals surface area contributed by atoms with Crippen LogP contribution in [0.5, 0.6) is 0 Å². The summed E-state index contributed by atoms with van der Waals surface area (Å²) in [6.45, 7) is 5.63. The van der Waals surface area contributed by atoms with Gasteiger partial charge in [-0.25, -0.2) is 0 Å². The molecule has 1 saturated heterocycles. The van der Waals surface area contributed by atoms with Crippen molar-refractivity contribution in [2.24, 2.45) is 5.92 Å². The first-order valence-electron chi connectivity index (χ1n) is 8.46. The van der Waals surface area contributed by atoms with Gasteiger partial charge >= 0.3 is 0 Å². The fourth-order valence-corrected chi connectivity index (χ4v) is 4.15. The third-order valence-corrected chi connectivity index (χ3v) is 5.20. The Kier molecular flexibility index (Phi) is 4.96. The molecule has 3 fully saturated rings. The van der Waals surface area contributed by atoms with Gasteiger partial charge in [0.1, 0.15) is 6.10 Å². The maximum Gasteiger partial charge on any atom is 0.226 e. The Hall–Kier alpha value is -0.870. The smallest absolute Gasteiger partial charge is 0.226 e. The van der Waals surface area contributed by atoms with Crippen LogP contribution in [0.1, 0.15) is 44.9 Å². The summed E-state index contributed by atoms with van der Waals surface area (Å²) in [6.07, 6.45) is 9.76. The highest BCUT2D eigenvalue weighted by atomic mass is 16.5. The molecule has 2 saturated carbocycles. The first-order valence-corrected chi connectivity index (χ1v) is 8.46. The molecule has 4 nitrogen and oxygen atoms in total. The first kappa shape index (κ1) is 15.0. The van der Waals surface area contributed by atoms with E-state index in [2.05, 4.69) is 11.5 Å². The number of ether oxygens (including phenoxy) is 2. The lowest BCUT2D eigenvalue weighted by Gasteiger charge is -2.35. The maximum atomic E-state index is 12.9. The van der Waals surface area contributed by atoms with Crippen LogP contribution >= 0.6 is 0 Å². The SMILES string of the molecule is C=CCOC1C2CCC1N(C(=O)C1CCCCC1)CCO2. The van der Waals surface area contributed by atoms with Gasteiger partial charge in [-0.15, -0.1) is 6.58 Å². The fourth-order valence-electron chi connectivity index (χ4n) is 4.15. The Balaban J connectivity index is 1.70. The van der Waals surface area contributed by atoms with Crippen molar-refractivity contribution in [1.29, 1.82) is 0 Å². The molecule has 0 N–H and O–H groups in total. The molecule has 118 valence electrons. The second-order valence-corrected chi connectivity index (χ2v) is 6.51. The molecule has 0 spiro atoms. The molecule has 3 rings (SSSR count). The van der Waals surface area contributed by atoms with Crippen LogP contribution in [0.25, 0.3) is 0 Å². The van der Waals surface area contributed by atoms with Gasteiger partial charge in [0.05, 0.1) is 25.4 Å². The predicted octanol–water partition coefficient (Wildman–Crippen LogP) is 2.53. The summed E-state index contributed by atoms with van der Waals surface area (Å²) in [7, 11) is 0. The summed E-state index contributed by atoms with van der Waals surface area (Å²) in [5.74, 6) is 0.578. The lowest BCUT2D eigenvalue weighted by atomic mass is 9.88. The number of fused-ring (bicyclic) bond motifs is 2. The minimum Gasteiger partial charge on any atom is -0.374 e. The molecule has 0 aromatic heterocycles. The summed E-state index contributed by atoms with van der Waals surface area (Å²) in [5, 5.41) is 0. The van der Waals surface area contributed by atoms with E-state index in [1.807, 2.05) is 0 Å². The van der Waals surface area contributed by atoms with E-state index in [1.165, 1.54) is 19.3 Å². The van der Waals surface area contributed by atoms with E-state index in [4.69, 9.17) is 9.47 Å². The highest BCUT2D eigenvalue weighted by molar-refractivity contribution is 5.79. The minimum atomic E-state index is 0.0260. The average Bonchev–Trinajstić information content (AvgIpc) is 2.81. The molecule has 1 aliphatic heterocycles. The molecule has 1 amide bonds. The van der Waals surface area contributed by atoms with Crippen molar-refractivity contribution in [2.45, 2.75) is 63.2 Å². The maximum absolute atomic E-state index is 12.9. The Labute approximate surface area is 127 Å². The van der Waals surface area contributed by atoms with E-state index in [9.17, 15) is 4.79 Å². The number of carbonyl (C=O) groups excluding carboxylic acids is 1. The highest BCUT2D eigenvalue weighted by Crippen LogP contribution is 2.34. The van der Waals surface area contributed by atoms with Crippen LogP contribution < -0.4 is 0 Å². The van der Waals surface area contributed by atoms with Gasteiger partial charge in [0, 0.05) is 12.5 Å². The molecule has 0 radical (unpaired) electrons. The van der Waals surface area contributed by atoms with Gasteiger partial charge in [-0.3, -0.25) is 4.79 Å². The van der Waals surface area contributed by atoms with Crippen LogP contribution in [0.2, 0.25) is 0 Å². The van der Waals surface area contributed by atoms with Gasteiger partial charge < -0.3 is 14.4 Å². The zero-order valence-electron chi connectivity index (χ0n) is 12.8. The Bertz CT molecular complexity index is 378. The van der Waals surface area contributed by atoms with Gasteiger partial charge in [0.2, 0.25) is 5.91 Å². The van der Waals surface area contributed by atoms with Crippen LogP contribution in [-0.4, -0.2) is 48.8 Å². The molecule has 3 atom stereocenters. The van der Waals surface area contributed by atoms with E-state index in [1.54, 1.807) is 6.08 Å². The second-order valence-electron chi connectivity index (χ2n) is 6.51. The average molecular weight is 293 g/mol. The van der Waals surface area contributed by atoms with Crippen LogP contribution in [0.3, 0.4) is 0 Å². The van der Waals surface area contributed by atoms with Crippen molar-refractivity contribution in [1.82, 2.24) is 4.90 Å². The second kappa shape index (κ2) is 6.93. The zero-order chi connectivity index (χ0) is 14.7. The van der Waals surface area contributed by atoms with Gasteiger partial charge in [-0.05, 0) is 25.7 Å². The van der Waals surface area contributed by atoms with E-state index in [-0.39, 0.29) is 24.2 Å². The van der Waals surface area contributed by atoms with Crippen LogP contribution in [0, 0.1) is 5.92 Å². The molecule has 3 unspecified atom stereocenters.